The van der Waals surface area contributed by atoms with Gasteiger partial charge < -0.3 is 10.0 Å². The molecule has 7 heteroatoms. The second-order valence-electron chi connectivity index (χ2n) is 5.30. The first-order valence-corrected chi connectivity index (χ1v) is 8.16. The number of carbonyl (C=O) groups excluding carboxylic acids is 1. The predicted octanol–water partition coefficient (Wildman–Crippen LogP) is 0.465. The number of aliphatic hydroxyl groups is 1. The van der Waals surface area contributed by atoms with Crippen molar-refractivity contribution in [1.29, 1.82) is 0 Å². The van der Waals surface area contributed by atoms with E-state index in [4.69, 9.17) is 5.11 Å². The molecule has 0 atom stereocenters. The normalized spacial score (nSPS) is 17.3. The molecule has 0 radical (unpaired) electrons. The number of β-amino-alcohol motifs (C(OH)–C–C–N with tert-alkyl or cyclic N) is 1. The van der Waals surface area contributed by atoms with Crippen molar-refractivity contribution in [2.75, 3.05) is 39.3 Å². The van der Waals surface area contributed by atoms with E-state index in [-0.39, 0.29) is 12.5 Å². The zero-order chi connectivity index (χ0) is 14.7. The summed E-state index contributed by atoms with van der Waals surface area (Å²) in [6.07, 6.45) is 5.22. The van der Waals surface area contributed by atoms with Crippen LogP contribution in [0.4, 0.5) is 0 Å². The standard InChI is InChI=1S/C14H20N4O2S/c19-8-6-16-2-1-3-17(5-4-16)13(20)10-12-11-18-7-9-21-14(18)15-12/h7,9,11,19H,1-6,8,10H2. The van der Waals surface area contributed by atoms with E-state index in [1.807, 2.05) is 27.1 Å². The fourth-order valence-corrected chi connectivity index (χ4v) is 3.43. The molecule has 3 heterocycles. The molecule has 2 aromatic rings. The van der Waals surface area contributed by atoms with Crippen LogP contribution >= 0.6 is 11.3 Å². The highest BCUT2D eigenvalue weighted by Crippen LogP contribution is 2.13. The molecule has 3 rings (SSSR count). The van der Waals surface area contributed by atoms with Gasteiger partial charge in [-0.3, -0.25) is 14.1 Å². The summed E-state index contributed by atoms with van der Waals surface area (Å²) in [6, 6.07) is 0. The van der Waals surface area contributed by atoms with Crippen molar-refractivity contribution >= 4 is 22.2 Å². The van der Waals surface area contributed by atoms with Crippen molar-refractivity contribution in [2.45, 2.75) is 12.8 Å². The van der Waals surface area contributed by atoms with Gasteiger partial charge in [-0.1, -0.05) is 0 Å². The first-order valence-electron chi connectivity index (χ1n) is 7.28. The van der Waals surface area contributed by atoms with Gasteiger partial charge in [0, 0.05) is 44.0 Å². The Morgan fingerprint density at radius 1 is 1.33 bits per heavy atom. The van der Waals surface area contributed by atoms with Crippen LogP contribution in [0, 0.1) is 0 Å². The molecule has 1 fully saturated rings. The van der Waals surface area contributed by atoms with Crippen LogP contribution in [0.3, 0.4) is 0 Å². The highest BCUT2D eigenvalue weighted by atomic mass is 32.1. The first kappa shape index (κ1) is 14.5. The van der Waals surface area contributed by atoms with Crippen molar-refractivity contribution in [3.8, 4) is 0 Å². The number of imidazole rings is 1. The summed E-state index contributed by atoms with van der Waals surface area (Å²) >= 11 is 1.58. The molecule has 114 valence electrons. The maximum Gasteiger partial charge on any atom is 0.228 e. The van der Waals surface area contributed by atoms with E-state index >= 15 is 0 Å². The molecule has 1 amide bonds. The van der Waals surface area contributed by atoms with Crippen LogP contribution in [0.1, 0.15) is 12.1 Å². The number of nitrogens with zero attached hydrogens (tertiary/aromatic N) is 4. The lowest BCUT2D eigenvalue weighted by Crippen LogP contribution is -2.36. The Labute approximate surface area is 127 Å². The Bertz CT molecular complexity index is 580. The largest absolute Gasteiger partial charge is 0.395 e. The lowest BCUT2D eigenvalue weighted by Gasteiger charge is -2.21. The molecule has 0 bridgehead atoms. The summed E-state index contributed by atoms with van der Waals surface area (Å²) in [5.74, 6) is 0.145. The lowest BCUT2D eigenvalue weighted by atomic mass is 10.3. The topological polar surface area (TPSA) is 61.1 Å². The summed E-state index contributed by atoms with van der Waals surface area (Å²) in [5.41, 5.74) is 0.836. The molecule has 1 aliphatic rings. The molecule has 2 aromatic heterocycles. The molecule has 0 saturated carbocycles. The number of hydrogen-bond acceptors (Lipinski definition) is 5. The van der Waals surface area contributed by atoms with Gasteiger partial charge in [-0.2, -0.15) is 0 Å². The average molecular weight is 308 g/mol. The fourth-order valence-electron chi connectivity index (χ4n) is 2.71. The van der Waals surface area contributed by atoms with Gasteiger partial charge in [0.05, 0.1) is 18.7 Å². The van der Waals surface area contributed by atoms with Crippen LogP contribution in [0.25, 0.3) is 4.96 Å². The Kier molecular flexibility index (Phi) is 4.52. The Hall–Kier alpha value is -1.44. The monoisotopic (exact) mass is 308 g/mol. The van der Waals surface area contributed by atoms with Crippen LogP contribution in [0.2, 0.25) is 0 Å². The van der Waals surface area contributed by atoms with E-state index in [1.165, 1.54) is 0 Å². The summed E-state index contributed by atoms with van der Waals surface area (Å²) in [5, 5.41) is 11.0. The van der Waals surface area contributed by atoms with Crippen molar-refractivity contribution < 1.29 is 9.90 Å². The third kappa shape index (κ3) is 3.42. The van der Waals surface area contributed by atoms with Gasteiger partial charge >= 0.3 is 0 Å². The molecule has 0 unspecified atom stereocenters. The van der Waals surface area contributed by atoms with Gasteiger partial charge in [-0.15, -0.1) is 11.3 Å². The van der Waals surface area contributed by atoms with Crippen LogP contribution in [-0.4, -0.2) is 69.5 Å². The predicted molar refractivity (Wildman–Crippen MR) is 81.5 cm³/mol. The minimum absolute atomic E-state index is 0.145. The third-order valence-electron chi connectivity index (χ3n) is 3.83. The van der Waals surface area contributed by atoms with E-state index < -0.39 is 0 Å². The molecule has 21 heavy (non-hydrogen) atoms. The average Bonchev–Trinajstić information content (AvgIpc) is 2.94. The minimum atomic E-state index is 0.145. The zero-order valence-corrected chi connectivity index (χ0v) is 12.8. The molecule has 1 saturated heterocycles. The lowest BCUT2D eigenvalue weighted by molar-refractivity contribution is -0.130. The fraction of sp³-hybridized carbons (Fsp3) is 0.571. The maximum absolute atomic E-state index is 12.4. The van der Waals surface area contributed by atoms with Crippen LogP contribution in [-0.2, 0) is 11.2 Å². The number of hydrogen-bond donors (Lipinski definition) is 1. The van der Waals surface area contributed by atoms with Gasteiger partial charge in [-0.05, 0) is 13.0 Å². The molecule has 0 spiro atoms. The SMILES string of the molecule is O=C(Cc1cn2ccsc2n1)N1CCCN(CCO)CC1. The van der Waals surface area contributed by atoms with E-state index in [0.29, 0.717) is 13.0 Å². The van der Waals surface area contributed by atoms with Crippen molar-refractivity contribution in [3.63, 3.8) is 0 Å². The van der Waals surface area contributed by atoms with E-state index in [2.05, 4.69) is 9.88 Å². The molecule has 1 aliphatic heterocycles. The number of aliphatic hydroxyl groups excluding tert-OH is 1. The first-order chi connectivity index (χ1) is 10.3. The number of carbonyl (C=O) groups is 1. The third-order valence-corrected chi connectivity index (χ3v) is 4.60. The minimum Gasteiger partial charge on any atom is -0.395 e. The van der Waals surface area contributed by atoms with Crippen molar-refractivity contribution in [1.82, 2.24) is 19.2 Å². The zero-order valence-electron chi connectivity index (χ0n) is 11.9. The Morgan fingerprint density at radius 3 is 3.05 bits per heavy atom. The number of rotatable bonds is 4. The van der Waals surface area contributed by atoms with Gasteiger partial charge in [-0.25, -0.2) is 4.98 Å². The van der Waals surface area contributed by atoms with Crippen molar-refractivity contribution in [3.05, 3.63) is 23.5 Å². The van der Waals surface area contributed by atoms with Crippen molar-refractivity contribution in [2.24, 2.45) is 0 Å². The summed E-state index contributed by atoms with van der Waals surface area (Å²) in [7, 11) is 0. The summed E-state index contributed by atoms with van der Waals surface area (Å²) in [6.45, 7) is 4.19. The van der Waals surface area contributed by atoms with E-state index in [0.717, 1.165) is 43.3 Å². The molecule has 1 N–H and O–H groups in total. The second-order valence-corrected chi connectivity index (χ2v) is 6.17. The number of aromatic nitrogens is 2. The molecule has 6 nitrogen and oxygen atoms in total. The Morgan fingerprint density at radius 2 is 2.24 bits per heavy atom. The summed E-state index contributed by atoms with van der Waals surface area (Å²) < 4.78 is 1.96. The van der Waals surface area contributed by atoms with Gasteiger partial charge in [0.25, 0.3) is 0 Å². The van der Waals surface area contributed by atoms with Crippen LogP contribution in [0.5, 0.6) is 0 Å². The van der Waals surface area contributed by atoms with Gasteiger partial charge in [0.1, 0.15) is 0 Å². The Balaban J connectivity index is 1.58. The second kappa shape index (κ2) is 6.55. The van der Waals surface area contributed by atoms with Gasteiger partial charge in [0.15, 0.2) is 4.96 Å². The number of fused-ring (bicyclic) bond motifs is 1. The molecule has 0 aliphatic carbocycles. The maximum atomic E-state index is 12.4. The number of thiazole rings is 1. The molecular weight excluding hydrogens is 288 g/mol. The van der Waals surface area contributed by atoms with Crippen LogP contribution < -0.4 is 0 Å². The van der Waals surface area contributed by atoms with E-state index in [9.17, 15) is 4.79 Å². The van der Waals surface area contributed by atoms with Crippen LogP contribution in [0.15, 0.2) is 17.8 Å². The molecule has 0 aromatic carbocycles. The van der Waals surface area contributed by atoms with Gasteiger partial charge in [0.2, 0.25) is 5.91 Å². The quantitative estimate of drug-likeness (QED) is 0.892. The summed E-state index contributed by atoms with van der Waals surface area (Å²) in [4.78, 5) is 21.9. The smallest absolute Gasteiger partial charge is 0.228 e. The number of amides is 1. The highest BCUT2D eigenvalue weighted by Gasteiger charge is 2.19. The highest BCUT2D eigenvalue weighted by molar-refractivity contribution is 7.15. The molecular formula is C14H20N4O2S. The van der Waals surface area contributed by atoms with E-state index in [1.54, 1.807) is 11.3 Å².